The minimum absolute atomic E-state index is 0.000934. The van der Waals surface area contributed by atoms with Gasteiger partial charge in [0.2, 0.25) is 5.91 Å². The number of hydrogen-bond acceptors (Lipinski definition) is 5. The fourth-order valence-corrected chi connectivity index (χ4v) is 2.56. The Hall–Kier alpha value is -2.56. The summed E-state index contributed by atoms with van der Waals surface area (Å²) in [7, 11) is 3.13. The van der Waals surface area contributed by atoms with E-state index in [1.807, 2.05) is 0 Å². The van der Waals surface area contributed by atoms with Crippen LogP contribution in [0.3, 0.4) is 0 Å². The van der Waals surface area contributed by atoms with Crippen LogP contribution >= 0.6 is 12.2 Å². The lowest BCUT2D eigenvalue weighted by Gasteiger charge is -2.13. The van der Waals surface area contributed by atoms with E-state index in [9.17, 15) is 18.0 Å². The number of ether oxygens (including phenoxy) is 2. The number of carbonyl (C=O) groups is 1. The van der Waals surface area contributed by atoms with E-state index in [1.165, 1.54) is 13.2 Å². The maximum absolute atomic E-state index is 12.3. The van der Waals surface area contributed by atoms with Crippen LogP contribution in [0, 0.1) is 4.77 Å². The molecule has 0 aliphatic heterocycles. The molecular weight excluding hydrogens is 397 g/mol. The van der Waals surface area contributed by atoms with Crippen molar-refractivity contribution < 1.29 is 27.4 Å². The number of methoxy groups -OCH3 is 1. The zero-order chi connectivity index (χ0) is 20.7. The lowest BCUT2D eigenvalue weighted by atomic mass is 10.1. The Morgan fingerprint density at radius 1 is 1.32 bits per heavy atom. The summed E-state index contributed by atoms with van der Waals surface area (Å²) < 4.78 is 48.9. The smallest absolute Gasteiger partial charge is 0.422 e. The van der Waals surface area contributed by atoms with Crippen molar-refractivity contribution >= 4 is 18.1 Å². The molecule has 0 aliphatic carbocycles. The van der Waals surface area contributed by atoms with Crippen LogP contribution in [0.1, 0.15) is 17.8 Å². The van der Waals surface area contributed by atoms with Crippen LogP contribution in [0.5, 0.6) is 11.5 Å². The second-order valence-corrected chi connectivity index (χ2v) is 6.38. The second-order valence-electron chi connectivity index (χ2n) is 5.99. The molecule has 154 valence electrons. The summed E-state index contributed by atoms with van der Waals surface area (Å²) in [4.78, 5) is 12.0. The molecule has 7 nitrogen and oxygen atoms in total. The van der Waals surface area contributed by atoms with Crippen LogP contribution in [0.25, 0.3) is 0 Å². The number of nitrogens with one attached hydrogen (secondary N) is 2. The number of H-pyrrole nitrogens is 1. The van der Waals surface area contributed by atoms with Gasteiger partial charge in [-0.3, -0.25) is 9.89 Å². The van der Waals surface area contributed by atoms with Crippen LogP contribution < -0.4 is 14.8 Å². The van der Waals surface area contributed by atoms with Gasteiger partial charge in [0.25, 0.3) is 0 Å². The minimum atomic E-state index is -4.43. The molecule has 0 fully saturated rings. The molecule has 1 heterocycles. The standard InChI is InChI=1S/C17H21F3N4O3S/c1-24-14(22-23-16(24)28)7-8-21-15(25)6-4-11-3-5-12(13(9-11)26-2)27-10-17(18,19)20/h3,5,9H,4,6-8,10H2,1-2H3,(H,21,25)(H,23,28). The molecule has 0 spiro atoms. The largest absolute Gasteiger partial charge is 0.493 e. The van der Waals surface area contributed by atoms with Gasteiger partial charge in [0.05, 0.1) is 7.11 Å². The molecular formula is C17H21F3N4O3S. The zero-order valence-electron chi connectivity index (χ0n) is 15.4. The number of nitrogens with zero attached hydrogens (tertiary/aromatic N) is 2. The number of rotatable bonds is 9. The molecule has 0 saturated heterocycles. The Balaban J connectivity index is 1.81. The van der Waals surface area contributed by atoms with Gasteiger partial charge in [-0.25, -0.2) is 0 Å². The monoisotopic (exact) mass is 418 g/mol. The molecule has 0 radical (unpaired) electrons. The normalized spacial score (nSPS) is 11.3. The molecule has 0 bridgehead atoms. The predicted molar refractivity (Wildman–Crippen MR) is 98.0 cm³/mol. The lowest BCUT2D eigenvalue weighted by Crippen LogP contribution is -2.26. The van der Waals surface area contributed by atoms with E-state index in [-0.39, 0.29) is 23.8 Å². The summed E-state index contributed by atoms with van der Waals surface area (Å²) in [5, 5.41) is 9.53. The Kier molecular flexibility index (Phi) is 7.44. The average molecular weight is 418 g/mol. The summed E-state index contributed by atoms with van der Waals surface area (Å²) in [6, 6.07) is 4.58. The van der Waals surface area contributed by atoms with Crippen LogP contribution in [0.4, 0.5) is 13.2 Å². The molecule has 0 atom stereocenters. The summed E-state index contributed by atoms with van der Waals surface area (Å²) >= 11 is 5.02. The SMILES string of the molecule is COc1cc(CCC(=O)NCCc2n[nH]c(=S)n2C)ccc1OCC(F)(F)F. The van der Waals surface area contributed by atoms with Crippen molar-refractivity contribution in [3.05, 3.63) is 34.4 Å². The first-order chi connectivity index (χ1) is 13.2. The number of aromatic amines is 1. The van der Waals surface area contributed by atoms with Crippen molar-refractivity contribution in [3.63, 3.8) is 0 Å². The van der Waals surface area contributed by atoms with E-state index in [1.54, 1.807) is 23.7 Å². The van der Waals surface area contributed by atoms with Crippen molar-refractivity contribution in [2.75, 3.05) is 20.3 Å². The Bertz CT molecular complexity index is 864. The highest BCUT2D eigenvalue weighted by Crippen LogP contribution is 2.30. The number of aryl methyl sites for hydroxylation is 1. The molecule has 1 aromatic heterocycles. The van der Waals surface area contributed by atoms with Gasteiger partial charge in [0, 0.05) is 26.4 Å². The second kappa shape index (κ2) is 9.58. The Morgan fingerprint density at radius 3 is 2.68 bits per heavy atom. The Morgan fingerprint density at radius 2 is 2.07 bits per heavy atom. The van der Waals surface area contributed by atoms with Crippen molar-refractivity contribution in [1.29, 1.82) is 0 Å². The molecule has 2 N–H and O–H groups in total. The van der Waals surface area contributed by atoms with Gasteiger partial charge in [0.1, 0.15) is 5.82 Å². The number of halogens is 3. The van der Waals surface area contributed by atoms with Gasteiger partial charge in [-0.1, -0.05) is 6.07 Å². The molecule has 1 amide bonds. The molecule has 1 aromatic carbocycles. The predicted octanol–water partition coefficient (Wildman–Crippen LogP) is 2.72. The van der Waals surface area contributed by atoms with Crippen LogP contribution in [0.15, 0.2) is 18.2 Å². The van der Waals surface area contributed by atoms with E-state index >= 15 is 0 Å². The first-order valence-corrected chi connectivity index (χ1v) is 8.84. The fraction of sp³-hybridized carbons (Fsp3) is 0.471. The van der Waals surface area contributed by atoms with E-state index < -0.39 is 12.8 Å². The van der Waals surface area contributed by atoms with E-state index in [4.69, 9.17) is 21.7 Å². The van der Waals surface area contributed by atoms with Crippen LogP contribution in [-0.2, 0) is 24.7 Å². The number of benzene rings is 1. The van der Waals surface area contributed by atoms with Gasteiger partial charge >= 0.3 is 6.18 Å². The van der Waals surface area contributed by atoms with Gasteiger partial charge in [0.15, 0.2) is 22.9 Å². The third-order valence-electron chi connectivity index (χ3n) is 3.90. The van der Waals surface area contributed by atoms with Gasteiger partial charge < -0.3 is 19.4 Å². The van der Waals surface area contributed by atoms with Crippen LogP contribution in [-0.4, -0.2) is 47.1 Å². The number of alkyl halides is 3. The molecule has 0 unspecified atom stereocenters. The summed E-state index contributed by atoms with van der Waals surface area (Å²) in [5.41, 5.74) is 0.751. The summed E-state index contributed by atoms with van der Waals surface area (Å²) in [6.07, 6.45) is -3.25. The first-order valence-electron chi connectivity index (χ1n) is 8.43. The van der Waals surface area contributed by atoms with Gasteiger partial charge in [-0.2, -0.15) is 18.3 Å². The zero-order valence-corrected chi connectivity index (χ0v) is 16.2. The topological polar surface area (TPSA) is 81.2 Å². The number of carbonyl (C=O) groups excluding carboxylic acids is 1. The lowest BCUT2D eigenvalue weighted by molar-refractivity contribution is -0.153. The van der Waals surface area contributed by atoms with E-state index in [0.29, 0.717) is 24.2 Å². The minimum Gasteiger partial charge on any atom is -0.493 e. The molecule has 0 saturated carbocycles. The molecule has 2 aromatic rings. The molecule has 28 heavy (non-hydrogen) atoms. The first kappa shape index (κ1) is 21.7. The number of hydrogen-bond donors (Lipinski definition) is 2. The van der Waals surface area contributed by atoms with Gasteiger partial charge in [-0.05, 0) is 36.3 Å². The maximum atomic E-state index is 12.3. The van der Waals surface area contributed by atoms with Crippen molar-refractivity contribution in [3.8, 4) is 11.5 Å². The number of aromatic nitrogens is 3. The fourth-order valence-electron chi connectivity index (χ4n) is 2.41. The quantitative estimate of drug-likeness (QED) is 0.612. The van der Waals surface area contributed by atoms with E-state index in [2.05, 4.69) is 15.5 Å². The maximum Gasteiger partial charge on any atom is 0.422 e. The summed E-state index contributed by atoms with van der Waals surface area (Å²) in [6.45, 7) is -0.980. The highest BCUT2D eigenvalue weighted by molar-refractivity contribution is 7.71. The molecule has 11 heteroatoms. The van der Waals surface area contributed by atoms with Crippen molar-refractivity contribution in [2.24, 2.45) is 7.05 Å². The summed E-state index contributed by atoms with van der Waals surface area (Å²) in [5.74, 6) is 0.784. The van der Waals surface area contributed by atoms with E-state index in [0.717, 1.165) is 11.4 Å². The number of amides is 1. The average Bonchev–Trinajstić information content (AvgIpc) is 2.96. The van der Waals surface area contributed by atoms with Crippen molar-refractivity contribution in [2.45, 2.75) is 25.4 Å². The molecule has 2 rings (SSSR count). The highest BCUT2D eigenvalue weighted by Gasteiger charge is 2.29. The van der Waals surface area contributed by atoms with Gasteiger partial charge in [-0.15, -0.1) is 0 Å². The van der Waals surface area contributed by atoms with Crippen LogP contribution in [0.2, 0.25) is 0 Å². The van der Waals surface area contributed by atoms with Crippen molar-refractivity contribution in [1.82, 2.24) is 20.1 Å². The molecule has 0 aliphatic rings. The third-order valence-corrected chi connectivity index (χ3v) is 4.27. The highest BCUT2D eigenvalue weighted by atomic mass is 32.1. The third kappa shape index (κ3) is 6.55. The Labute approximate surface area is 164 Å².